The number of nitrogens with two attached hydrogens (primary N) is 2. The molecule has 2 aromatic heterocycles. The number of nitrogen functional groups attached to an aromatic ring is 1. The number of hydrogen-bond acceptors (Lipinski definition) is 12. The summed E-state index contributed by atoms with van der Waals surface area (Å²) in [4.78, 5) is 60.2. The molecule has 2 aliphatic heterocycles. The van der Waals surface area contributed by atoms with E-state index in [-0.39, 0.29) is 35.5 Å². The van der Waals surface area contributed by atoms with Crippen LogP contribution in [0.3, 0.4) is 0 Å². The van der Waals surface area contributed by atoms with Crippen molar-refractivity contribution in [2.45, 2.75) is 24.9 Å². The number of carbonyl (C=O) groups is 4. The average molecular weight is 592 g/mol. The SMILES string of the molecule is CCO/N=C(/C(=O)N[C@@H]1C(=O)N2C(C(=O)O)=C(C[n+]3ccc(NC(=O)NCCN)cc3)CS[C@H]12)c1nsc(N)n1. The molecule has 0 radical (unpaired) electrons. The number of thioether (sulfide) groups is 1. The van der Waals surface area contributed by atoms with Crippen molar-refractivity contribution >= 4 is 63.6 Å². The number of rotatable bonds is 11. The normalized spacial score (nSPS) is 18.5. The van der Waals surface area contributed by atoms with Gasteiger partial charge in [-0.3, -0.25) is 14.5 Å². The van der Waals surface area contributed by atoms with Crippen molar-refractivity contribution in [1.29, 1.82) is 0 Å². The third-order valence-corrected chi connectivity index (χ3v) is 7.52. The van der Waals surface area contributed by atoms with Crippen LogP contribution in [-0.4, -0.2) is 85.8 Å². The molecule has 0 saturated carbocycles. The molecular weight excluding hydrogens is 564 g/mol. The zero-order valence-corrected chi connectivity index (χ0v) is 22.8. The molecule has 16 nitrogen and oxygen atoms in total. The molecule has 4 amide bonds. The third-order valence-electron chi connectivity index (χ3n) is 5.64. The molecule has 2 aromatic rings. The van der Waals surface area contributed by atoms with Crippen LogP contribution in [0.5, 0.6) is 0 Å². The molecule has 4 rings (SSSR count). The van der Waals surface area contributed by atoms with Crippen LogP contribution in [0.25, 0.3) is 0 Å². The molecule has 4 heterocycles. The number of carbonyl (C=O) groups excluding carboxylic acids is 3. The van der Waals surface area contributed by atoms with Crippen molar-refractivity contribution in [2.75, 3.05) is 36.5 Å². The second-order valence-corrected chi connectivity index (χ2v) is 10.2. The first-order valence-corrected chi connectivity index (χ1v) is 13.8. The molecule has 0 unspecified atom stereocenters. The van der Waals surface area contributed by atoms with Gasteiger partial charge in [-0.15, -0.1) is 11.8 Å². The van der Waals surface area contributed by atoms with Crippen molar-refractivity contribution in [3.05, 3.63) is 41.6 Å². The smallest absolute Gasteiger partial charge is 0.352 e. The Hall–Kier alpha value is -4.29. The lowest BCUT2D eigenvalue weighted by Gasteiger charge is -2.49. The van der Waals surface area contributed by atoms with Crippen LogP contribution in [0.15, 0.2) is 41.0 Å². The second kappa shape index (κ2) is 12.7. The van der Waals surface area contributed by atoms with Gasteiger partial charge in [-0.2, -0.15) is 9.36 Å². The minimum atomic E-state index is -1.25. The lowest BCUT2D eigenvalue weighted by Crippen LogP contribution is -2.71. The molecule has 1 saturated heterocycles. The molecule has 0 bridgehead atoms. The third kappa shape index (κ3) is 6.29. The summed E-state index contributed by atoms with van der Waals surface area (Å²) in [5, 5.41) is 21.1. The van der Waals surface area contributed by atoms with E-state index in [2.05, 4.69) is 30.5 Å². The second-order valence-electron chi connectivity index (χ2n) is 8.36. The van der Waals surface area contributed by atoms with Gasteiger partial charge in [0.25, 0.3) is 11.8 Å². The Morgan fingerprint density at radius 2 is 2.08 bits per heavy atom. The molecule has 0 aliphatic carbocycles. The number of aromatic nitrogens is 3. The van der Waals surface area contributed by atoms with E-state index in [0.29, 0.717) is 30.1 Å². The molecular formula is C22H27N10O6S2+. The van der Waals surface area contributed by atoms with Gasteiger partial charge in [-0.25, -0.2) is 14.2 Å². The Morgan fingerprint density at radius 1 is 1.32 bits per heavy atom. The van der Waals surface area contributed by atoms with E-state index >= 15 is 0 Å². The summed E-state index contributed by atoms with van der Waals surface area (Å²) in [6, 6.07) is 1.94. The Bertz CT molecular complexity index is 1360. The van der Waals surface area contributed by atoms with E-state index in [0.717, 1.165) is 11.5 Å². The summed E-state index contributed by atoms with van der Waals surface area (Å²) in [7, 11) is 0. The van der Waals surface area contributed by atoms with Gasteiger partial charge in [-0.05, 0) is 6.92 Å². The number of oxime groups is 1. The predicted octanol–water partition coefficient (Wildman–Crippen LogP) is -1.33. The fourth-order valence-corrected chi connectivity index (χ4v) is 5.66. The first-order chi connectivity index (χ1) is 19.2. The number of nitrogens with zero attached hydrogens (tertiary/aromatic N) is 5. The number of nitrogens with one attached hydrogen (secondary N) is 3. The predicted molar refractivity (Wildman–Crippen MR) is 145 cm³/mol. The summed E-state index contributed by atoms with van der Waals surface area (Å²) in [6.07, 6.45) is 3.36. The van der Waals surface area contributed by atoms with E-state index in [1.807, 2.05) is 0 Å². The first-order valence-electron chi connectivity index (χ1n) is 12.0. The number of hydrogen-bond donors (Lipinski definition) is 6. The van der Waals surface area contributed by atoms with Crippen LogP contribution in [0.4, 0.5) is 15.6 Å². The number of carboxylic acids is 1. The number of amides is 4. The average Bonchev–Trinajstić information content (AvgIpc) is 3.37. The highest BCUT2D eigenvalue weighted by Crippen LogP contribution is 2.40. The molecule has 18 heteroatoms. The highest BCUT2D eigenvalue weighted by molar-refractivity contribution is 8.00. The van der Waals surface area contributed by atoms with Crippen molar-refractivity contribution < 1.29 is 33.7 Å². The van der Waals surface area contributed by atoms with E-state index in [4.69, 9.17) is 16.3 Å². The number of anilines is 2. The quantitative estimate of drug-likeness (QED) is 0.0775. The number of carboxylic acid groups (broad SMARTS) is 1. The van der Waals surface area contributed by atoms with Gasteiger partial charge in [0.15, 0.2) is 24.1 Å². The Morgan fingerprint density at radius 3 is 2.70 bits per heavy atom. The summed E-state index contributed by atoms with van der Waals surface area (Å²) < 4.78 is 5.71. The molecule has 212 valence electrons. The molecule has 2 atom stereocenters. The molecule has 2 aliphatic rings. The zero-order valence-electron chi connectivity index (χ0n) is 21.2. The maximum atomic E-state index is 13.1. The van der Waals surface area contributed by atoms with Gasteiger partial charge in [0.2, 0.25) is 11.5 Å². The maximum absolute atomic E-state index is 13.1. The molecule has 0 spiro atoms. The largest absolute Gasteiger partial charge is 0.477 e. The minimum Gasteiger partial charge on any atom is -0.477 e. The lowest BCUT2D eigenvalue weighted by atomic mass is 10.0. The van der Waals surface area contributed by atoms with Crippen LogP contribution in [0.1, 0.15) is 12.7 Å². The van der Waals surface area contributed by atoms with Gasteiger partial charge in [0, 0.05) is 48.1 Å². The van der Waals surface area contributed by atoms with Crippen molar-refractivity contribution in [2.24, 2.45) is 10.9 Å². The van der Waals surface area contributed by atoms with Gasteiger partial charge in [0.05, 0.1) is 5.69 Å². The van der Waals surface area contributed by atoms with Crippen LogP contribution in [0, 0.1) is 0 Å². The monoisotopic (exact) mass is 591 g/mol. The van der Waals surface area contributed by atoms with Crippen LogP contribution in [-0.2, 0) is 25.8 Å². The minimum absolute atomic E-state index is 0.0452. The summed E-state index contributed by atoms with van der Waals surface area (Å²) in [5.41, 5.74) is 11.7. The topological polar surface area (TPSA) is 231 Å². The van der Waals surface area contributed by atoms with Crippen molar-refractivity contribution in [1.82, 2.24) is 24.9 Å². The van der Waals surface area contributed by atoms with E-state index in [9.17, 15) is 24.3 Å². The zero-order chi connectivity index (χ0) is 28.8. The number of fused-ring (bicyclic) bond motifs is 1. The van der Waals surface area contributed by atoms with E-state index in [1.165, 1.54) is 16.7 Å². The van der Waals surface area contributed by atoms with Gasteiger partial charge in [0.1, 0.15) is 23.7 Å². The fourth-order valence-electron chi connectivity index (χ4n) is 3.89. The summed E-state index contributed by atoms with van der Waals surface area (Å²) >= 11 is 2.20. The highest BCUT2D eigenvalue weighted by atomic mass is 32.2. The number of pyridine rings is 1. The molecule has 40 heavy (non-hydrogen) atoms. The number of urea groups is 1. The number of aliphatic carboxylic acids is 1. The fraction of sp³-hybridized carbons (Fsp3) is 0.364. The van der Waals surface area contributed by atoms with Crippen molar-refractivity contribution in [3.8, 4) is 0 Å². The van der Waals surface area contributed by atoms with Crippen LogP contribution >= 0.6 is 23.3 Å². The lowest BCUT2D eigenvalue weighted by molar-refractivity contribution is -0.688. The van der Waals surface area contributed by atoms with Gasteiger partial charge < -0.3 is 37.4 Å². The molecule has 1 fully saturated rings. The molecule has 0 aromatic carbocycles. The van der Waals surface area contributed by atoms with Crippen LogP contribution in [0.2, 0.25) is 0 Å². The van der Waals surface area contributed by atoms with E-state index in [1.54, 1.807) is 36.0 Å². The highest BCUT2D eigenvalue weighted by Gasteiger charge is 2.54. The summed E-state index contributed by atoms with van der Waals surface area (Å²) in [6.45, 7) is 2.71. The first kappa shape index (κ1) is 28.7. The standard InChI is InChI=1S/C22H26N10O6S2/c1-2-38-29-13(16-28-21(24)40-30-16)17(33)27-14-18(34)32-15(20(35)36)11(10-39-19(14)32)9-31-7-3-12(4-8-31)26-22(37)25-6-5-23/h3-4,7-8,14,19H,2,5-6,9-10,23H2,1H3,(H5,24,25,27,28,30,33,35,36,37)/p+1/b29-13+/t14-,19-/m1/s1. The van der Waals surface area contributed by atoms with Crippen molar-refractivity contribution in [3.63, 3.8) is 0 Å². The van der Waals surface area contributed by atoms with Crippen LogP contribution < -0.4 is 32.0 Å². The molecule has 8 N–H and O–H groups in total. The van der Waals surface area contributed by atoms with Gasteiger partial charge in [-0.1, -0.05) is 5.16 Å². The Labute approximate surface area is 236 Å². The maximum Gasteiger partial charge on any atom is 0.352 e. The summed E-state index contributed by atoms with van der Waals surface area (Å²) in [5.74, 6) is -2.32. The Kier molecular flexibility index (Phi) is 9.12. The Balaban J connectivity index is 1.45. The number of β-lactam (4-membered cyclic amide) rings is 1. The van der Waals surface area contributed by atoms with E-state index < -0.39 is 35.2 Å². The van der Waals surface area contributed by atoms with Gasteiger partial charge >= 0.3 is 12.0 Å².